The molecule has 0 radical (unpaired) electrons. The Morgan fingerprint density at radius 3 is 0.939 bits per heavy atom. The smallest absolute Gasteiger partial charge is 0.0921 e. The van der Waals surface area contributed by atoms with E-state index < -0.39 is 16.3 Å². The van der Waals surface area contributed by atoms with Gasteiger partial charge in [-0.25, -0.2) is 0 Å². The van der Waals surface area contributed by atoms with Gasteiger partial charge in [0.2, 0.25) is 0 Å². The van der Waals surface area contributed by atoms with Crippen LogP contribution in [0.5, 0.6) is 0 Å². The van der Waals surface area contributed by atoms with Gasteiger partial charge in [0.25, 0.3) is 0 Å². The Kier molecular flexibility index (Phi) is 8.81. The number of benzene rings is 4. The summed E-state index contributed by atoms with van der Waals surface area (Å²) in [5, 5.41) is 4.93. The first kappa shape index (κ1) is 23.8. The normalized spacial score (nSPS) is 13.2. The molecule has 0 aliphatic carbocycles. The molecule has 0 aliphatic rings. The van der Waals surface area contributed by atoms with Crippen molar-refractivity contribution in [2.75, 3.05) is 0 Å². The molecule has 0 aliphatic heterocycles. The molecule has 0 amide bonds. The van der Waals surface area contributed by atoms with E-state index in [1.54, 1.807) is 0 Å². The van der Waals surface area contributed by atoms with Gasteiger partial charge in [-0.1, -0.05) is 121 Å². The molecular weight excluding hydrogens is 442 g/mol. The fraction of sp³-hybridized carbons (Fsp3) is 0.172. The zero-order valence-electron chi connectivity index (χ0n) is 19.1. The van der Waals surface area contributed by atoms with Gasteiger partial charge in [-0.05, 0) is 20.3 Å². The topological polar surface area (TPSA) is 18.5 Å². The molecule has 0 N–H and O–H groups in total. The number of rotatable bonds is 10. The van der Waals surface area contributed by atoms with Gasteiger partial charge in [0, 0.05) is 21.2 Å². The third-order valence-corrected chi connectivity index (χ3v) is 9.41. The Labute approximate surface area is 200 Å². The second kappa shape index (κ2) is 12.2. The minimum Gasteiger partial charge on any atom is -0.347 e. The largest absolute Gasteiger partial charge is 0.347 e. The summed E-state index contributed by atoms with van der Waals surface area (Å²) in [6, 6.07) is 42.2. The molecule has 0 saturated carbocycles. The van der Waals surface area contributed by atoms with Gasteiger partial charge < -0.3 is 9.05 Å². The van der Waals surface area contributed by atoms with Crippen LogP contribution in [0.4, 0.5) is 0 Å². The van der Waals surface area contributed by atoms with Crippen molar-refractivity contribution >= 4 is 37.5 Å². The summed E-state index contributed by atoms with van der Waals surface area (Å²) < 4.78 is 13.4. The molecule has 4 rings (SSSR count). The van der Waals surface area contributed by atoms with E-state index in [4.69, 9.17) is 9.05 Å². The first-order valence-electron chi connectivity index (χ1n) is 11.3. The van der Waals surface area contributed by atoms with Crippen LogP contribution in [0, 0.1) is 0 Å². The molecule has 33 heavy (non-hydrogen) atoms. The van der Waals surface area contributed by atoms with Crippen molar-refractivity contribution in [2.24, 2.45) is 0 Å². The lowest BCUT2D eigenvalue weighted by atomic mass is 10.2. The molecule has 0 bridgehead atoms. The van der Waals surface area contributed by atoms with Gasteiger partial charge in [-0.2, -0.15) is 0 Å². The van der Waals surface area contributed by atoms with Crippen molar-refractivity contribution < 1.29 is 9.05 Å². The Morgan fingerprint density at radius 1 is 0.455 bits per heavy atom. The predicted octanol–water partition coefficient (Wildman–Crippen LogP) is 6.28. The highest BCUT2D eigenvalue weighted by atomic mass is 31.1. The van der Waals surface area contributed by atoms with Gasteiger partial charge in [-0.3, -0.25) is 0 Å². The van der Waals surface area contributed by atoms with Gasteiger partial charge in [-0.15, -0.1) is 0 Å². The summed E-state index contributed by atoms with van der Waals surface area (Å²) in [5.41, 5.74) is 0. The molecule has 0 fully saturated rings. The van der Waals surface area contributed by atoms with Crippen LogP contribution in [0.2, 0.25) is 0 Å². The van der Waals surface area contributed by atoms with Gasteiger partial charge >= 0.3 is 0 Å². The highest BCUT2D eigenvalue weighted by Crippen LogP contribution is 2.40. The van der Waals surface area contributed by atoms with Crippen molar-refractivity contribution in [3.63, 3.8) is 0 Å². The maximum absolute atomic E-state index is 6.68. The summed E-state index contributed by atoms with van der Waals surface area (Å²) in [6.07, 6.45) is 0.960. The second-order valence-corrected chi connectivity index (χ2v) is 11.7. The summed E-state index contributed by atoms with van der Waals surface area (Å²) >= 11 is 0. The average molecular weight is 473 g/mol. The molecule has 2 atom stereocenters. The lowest BCUT2D eigenvalue weighted by molar-refractivity contribution is 0.155. The van der Waals surface area contributed by atoms with Crippen molar-refractivity contribution in [2.45, 2.75) is 32.5 Å². The summed E-state index contributed by atoms with van der Waals surface area (Å²) in [4.78, 5) is 0. The summed E-state index contributed by atoms with van der Waals surface area (Å²) in [5.74, 6) is 0. The van der Waals surface area contributed by atoms with E-state index in [-0.39, 0.29) is 12.2 Å². The predicted molar refractivity (Wildman–Crippen MR) is 144 cm³/mol. The monoisotopic (exact) mass is 472 g/mol. The zero-order chi connectivity index (χ0) is 22.9. The molecule has 4 aromatic carbocycles. The van der Waals surface area contributed by atoms with Crippen LogP contribution in [0.15, 0.2) is 121 Å². The Balaban J connectivity index is 1.47. The number of hydrogen-bond donors (Lipinski definition) is 0. The fourth-order valence-corrected chi connectivity index (χ4v) is 7.46. The highest BCUT2D eigenvalue weighted by molar-refractivity contribution is 7.68. The van der Waals surface area contributed by atoms with E-state index in [0.29, 0.717) is 0 Å². The standard InChI is InChI=1S/C29H30O2P2/c1-24(30-32(26-15-7-3-8-16-26)27-17-9-4-10-18-27)23-25(2)31-33(28-19-11-5-12-20-28)29-21-13-6-14-22-29/h3-22,24-25H,23H2,1-2H3. The van der Waals surface area contributed by atoms with Gasteiger partial charge in [0.15, 0.2) is 0 Å². The third kappa shape index (κ3) is 6.83. The van der Waals surface area contributed by atoms with Crippen LogP contribution in [0.3, 0.4) is 0 Å². The minimum atomic E-state index is -0.879. The third-order valence-electron chi connectivity index (χ3n) is 5.20. The Morgan fingerprint density at radius 2 is 0.697 bits per heavy atom. The molecular formula is C29H30O2P2. The Hall–Kier alpha value is -2.34. The summed E-state index contributed by atoms with van der Waals surface area (Å²) in [6.45, 7) is 4.32. The van der Waals surface area contributed by atoms with Crippen molar-refractivity contribution in [1.82, 2.24) is 0 Å². The first-order chi connectivity index (χ1) is 16.2. The molecule has 0 aromatic heterocycles. The van der Waals surface area contributed by atoms with E-state index in [0.717, 1.165) is 6.42 Å². The molecule has 0 heterocycles. The quantitative estimate of drug-likeness (QED) is 0.253. The average Bonchev–Trinajstić information content (AvgIpc) is 2.88. The van der Waals surface area contributed by atoms with E-state index in [1.165, 1.54) is 21.2 Å². The lowest BCUT2D eigenvalue weighted by Gasteiger charge is -2.27. The molecule has 2 unspecified atom stereocenters. The molecule has 168 valence electrons. The van der Waals surface area contributed by atoms with Crippen LogP contribution >= 0.6 is 16.3 Å². The lowest BCUT2D eigenvalue weighted by Crippen LogP contribution is -2.23. The first-order valence-corrected chi connectivity index (χ1v) is 13.9. The summed E-state index contributed by atoms with van der Waals surface area (Å²) in [7, 11) is -1.76. The van der Waals surface area contributed by atoms with E-state index in [9.17, 15) is 0 Å². The fourth-order valence-electron chi connectivity index (χ4n) is 3.71. The van der Waals surface area contributed by atoms with Crippen LogP contribution in [-0.4, -0.2) is 12.2 Å². The van der Waals surface area contributed by atoms with Gasteiger partial charge in [0.1, 0.15) is 0 Å². The van der Waals surface area contributed by atoms with Crippen molar-refractivity contribution in [3.05, 3.63) is 121 Å². The molecule has 2 nitrogen and oxygen atoms in total. The molecule has 4 aromatic rings. The van der Waals surface area contributed by atoms with Crippen LogP contribution in [0.25, 0.3) is 0 Å². The van der Waals surface area contributed by atoms with Crippen LogP contribution in [-0.2, 0) is 9.05 Å². The van der Waals surface area contributed by atoms with Crippen molar-refractivity contribution in [3.8, 4) is 0 Å². The maximum Gasteiger partial charge on any atom is 0.0921 e. The molecule has 4 heteroatoms. The second-order valence-electron chi connectivity index (χ2n) is 8.00. The van der Waals surface area contributed by atoms with Crippen LogP contribution < -0.4 is 21.2 Å². The molecule has 0 spiro atoms. The van der Waals surface area contributed by atoms with Crippen molar-refractivity contribution in [1.29, 1.82) is 0 Å². The SMILES string of the molecule is CC(CC(C)OP(c1ccccc1)c1ccccc1)OP(c1ccccc1)c1ccccc1. The minimum absolute atomic E-state index is 0.0647. The highest BCUT2D eigenvalue weighted by Gasteiger charge is 2.23. The van der Waals surface area contributed by atoms with Crippen LogP contribution in [0.1, 0.15) is 20.3 Å². The maximum atomic E-state index is 6.68. The van der Waals surface area contributed by atoms with E-state index in [2.05, 4.69) is 135 Å². The zero-order valence-corrected chi connectivity index (χ0v) is 20.9. The number of hydrogen-bond acceptors (Lipinski definition) is 2. The van der Waals surface area contributed by atoms with Gasteiger partial charge in [0.05, 0.1) is 28.5 Å². The van der Waals surface area contributed by atoms with E-state index in [1.807, 2.05) is 0 Å². The Bertz CT molecular complexity index is 908. The van der Waals surface area contributed by atoms with E-state index >= 15 is 0 Å². The molecule has 0 saturated heterocycles.